The van der Waals surface area contributed by atoms with Crippen LogP contribution in [0.2, 0.25) is 0 Å². The Morgan fingerprint density at radius 3 is 2.48 bits per heavy atom. The van der Waals surface area contributed by atoms with Crippen LogP contribution in [0, 0.1) is 5.92 Å². The van der Waals surface area contributed by atoms with Crippen LogP contribution in [0.5, 0.6) is 0 Å². The van der Waals surface area contributed by atoms with E-state index >= 15 is 0 Å². The van der Waals surface area contributed by atoms with Gasteiger partial charge in [-0.2, -0.15) is 0 Å². The van der Waals surface area contributed by atoms with Crippen LogP contribution < -0.4 is 16.4 Å². The number of amides is 2. The van der Waals surface area contributed by atoms with E-state index in [-0.39, 0.29) is 25.0 Å². The zero-order valence-electron chi connectivity index (χ0n) is 14.0. The number of nitrogens with two attached hydrogens (primary N) is 1. The van der Waals surface area contributed by atoms with Crippen LogP contribution in [0.15, 0.2) is 30.3 Å². The normalized spacial score (nSPS) is 20.9. The molecule has 1 aliphatic rings. The zero-order valence-corrected chi connectivity index (χ0v) is 14.0. The molecule has 2 amide bonds. The first-order valence-corrected chi connectivity index (χ1v) is 8.12. The van der Waals surface area contributed by atoms with Crippen molar-refractivity contribution in [3.8, 4) is 0 Å². The van der Waals surface area contributed by atoms with E-state index in [9.17, 15) is 19.5 Å². The first kappa shape index (κ1) is 18.7. The number of carbonyl (C=O) groups excluding carboxylic acids is 2. The van der Waals surface area contributed by atoms with Gasteiger partial charge in [-0.3, -0.25) is 4.79 Å². The summed E-state index contributed by atoms with van der Waals surface area (Å²) in [5.41, 5.74) is 6.49. The summed E-state index contributed by atoms with van der Waals surface area (Å²) in [6.45, 7) is 1.54. The molecule has 0 unspecified atom stereocenters. The van der Waals surface area contributed by atoms with Gasteiger partial charge in [-0.25, -0.2) is 9.59 Å². The lowest BCUT2D eigenvalue weighted by Crippen LogP contribution is -2.50. The molecule has 1 saturated carbocycles. The molecule has 5 N–H and O–H groups in total. The van der Waals surface area contributed by atoms with E-state index in [0.717, 1.165) is 12.0 Å². The summed E-state index contributed by atoms with van der Waals surface area (Å²) in [5, 5.41) is 14.0. The summed E-state index contributed by atoms with van der Waals surface area (Å²) in [6, 6.07) is 7.18. The monoisotopic (exact) mass is 349 g/mol. The van der Waals surface area contributed by atoms with Crippen molar-refractivity contribution >= 4 is 18.0 Å². The molecular formula is C17H23N3O5. The van der Waals surface area contributed by atoms with Crippen molar-refractivity contribution in [1.82, 2.24) is 10.6 Å². The third-order valence-corrected chi connectivity index (χ3v) is 4.07. The fraction of sp³-hybridized carbons (Fsp3) is 0.471. The molecule has 8 heteroatoms. The molecule has 4 atom stereocenters. The highest BCUT2D eigenvalue weighted by molar-refractivity contribution is 5.88. The molecule has 1 aromatic carbocycles. The molecule has 1 aliphatic carbocycles. The fourth-order valence-electron chi connectivity index (χ4n) is 2.37. The van der Waals surface area contributed by atoms with E-state index in [0.29, 0.717) is 0 Å². The van der Waals surface area contributed by atoms with Gasteiger partial charge < -0.3 is 26.2 Å². The Labute approximate surface area is 145 Å². The first-order chi connectivity index (χ1) is 11.9. The minimum absolute atomic E-state index is 0.00210. The Balaban J connectivity index is 1.76. The summed E-state index contributed by atoms with van der Waals surface area (Å²) in [5.74, 6) is -1.59. The minimum Gasteiger partial charge on any atom is -0.480 e. The minimum atomic E-state index is -1.12. The number of ether oxygens (including phenoxy) is 1. The second-order valence-electron chi connectivity index (χ2n) is 6.22. The van der Waals surface area contributed by atoms with Crippen LogP contribution in [0.25, 0.3) is 0 Å². The third kappa shape index (κ3) is 6.07. The Bertz CT molecular complexity index is 622. The Morgan fingerprint density at radius 2 is 1.92 bits per heavy atom. The van der Waals surface area contributed by atoms with Gasteiger partial charge in [0, 0.05) is 6.04 Å². The predicted molar refractivity (Wildman–Crippen MR) is 89.5 cm³/mol. The molecule has 0 radical (unpaired) electrons. The van der Waals surface area contributed by atoms with Gasteiger partial charge in [0.1, 0.15) is 18.7 Å². The van der Waals surface area contributed by atoms with Gasteiger partial charge in [0.15, 0.2) is 0 Å². The van der Waals surface area contributed by atoms with Gasteiger partial charge in [-0.1, -0.05) is 30.3 Å². The number of carbonyl (C=O) groups is 3. The number of carboxylic acids is 1. The molecule has 0 aliphatic heterocycles. The quantitative estimate of drug-likeness (QED) is 0.544. The largest absolute Gasteiger partial charge is 0.480 e. The number of carboxylic acid groups (broad SMARTS) is 1. The van der Waals surface area contributed by atoms with Gasteiger partial charge in [-0.05, 0) is 31.2 Å². The first-order valence-electron chi connectivity index (χ1n) is 8.12. The average Bonchev–Trinajstić information content (AvgIpc) is 3.28. The summed E-state index contributed by atoms with van der Waals surface area (Å²) in [6.07, 6.45) is 0.301. The number of aliphatic carboxylic acids is 1. The van der Waals surface area contributed by atoms with Crippen molar-refractivity contribution in [3.05, 3.63) is 35.9 Å². The second-order valence-corrected chi connectivity index (χ2v) is 6.22. The molecular weight excluding hydrogens is 326 g/mol. The van der Waals surface area contributed by atoms with E-state index in [2.05, 4.69) is 10.6 Å². The highest BCUT2D eigenvalue weighted by Crippen LogP contribution is 2.32. The number of hydrogen-bond acceptors (Lipinski definition) is 5. The van der Waals surface area contributed by atoms with E-state index in [1.807, 2.05) is 30.3 Å². The molecule has 0 bridgehead atoms. The van der Waals surface area contributed by atoms with Gasteiger partial charge in [0.2, 0.25) is 5.91 Å². The average molecular weight is 349 g/mol. The number of nitrogens with one attached hydrogen (secondary N) is 2. The van der Waals surface area contributed by atoms with Crippen LogP contribution in [0.4, 0.5) is 4.79 Å². The summed E-state index contributed by atoms with van der Waals surface area (Å²) >= 11 is 0. The topological polar surface area (TPSA) is 131 Å². The molecule has 1 fully saturated rings. The lowest BCUT2D eigenvalue weighted by Gasteiger charge is -2.18. The Kier molecular flexibility index (Phi) is 6.35. The zero-order chi connectivity index (χ0) is 18.4. The van der Waals surface area contributed by atoms with Crippen molar-refractivity contribution in [1.29, 1.82) is 0 Å². The Hall–Kier alpha value is -2.61. The number of hydrogen-bond donors (Lipinski definition) is 4. The SMILES string of the molecule is C[C@@H](NC(=O)OCc1ccccc1)C(=O)N[C@@H](C[C@H]1C[C@@H]1N)C(=O)O. The molecule has 8 nitrogen and oxygen atoms in total. The van der Waals surface area contributed by atoms with Crippen molar-refractivity contribution in [2.24, 2.45) is 11.7 Å². The lowest BCUT2D eigenvalue weighted by molar-refractivity contribution is -0.142. The smallest absolute Gasteiger partial charge is 0.408 e. The van der Waals surface area contributed by atoms with Crippen molar-refractivity contribution in [2.75, 3.05) is 0 Å². The van der Waals surface area contributed by atoms with Crippen molar-refractivity contribution < 1.29 is 24.2 Å². The fourth-order valence-corrected chi connectivity index (χ4v) is 2.37. The number of benzene rings is 1. The highest BCUT2D eigenvalue weighted by Gasteiger charge is 2.38. The predicted octanol–water partition coefficient (Wildman–Crippen LogP) is 0.608. The van der Waals surface area contributed by atoms with Crippen LogP contribution >= 0.6 is 0 Å². The second kappa shape index (κ2) is 8.48. The van der Waals surface area contributed by atoms with Crippen LogP contribution in [0.1, 0.15) is 25.3 Å². The standard InChI is InChI=1S/C17H23N3O5/c1-10(19-17(24)25-9-11-5-3-2-4-6-11)15(21)20-14(16(22)23)8-12-7-13(12)18/h2-6,10,12-14H,7-9,18H2,1H3,(H,19,24)(H,20,21)(H,22,23)/t10-,12-,13+,14+/m1/s1. The van der Waals surface area contributed by atoms with Gasteiger partial charge in [0.05, 0.1) is 0 Å². The molecule has 2 rings (SSSR count). The number of rotatable bonds is 8. The van der Waals surface area contributed by atoms with E-state index < -0.39 is 30.1 Å². The molecule has 0 saturated heterocycles. The van der Waals surface area contributed by atoms with Crippen LogP contribution in [-0.2, 0) is 20.9 Å². The van der Waals surface area contributed by atoms with Gasteiger partial charge in [-0.15, -0.1) is 0 Å². The molecule has 1 aromatic rings. The summed E-state index contributed by atoms with van der Waals surface area (Å²) in [4.78, 5) is 35.1. The maximum absolute atomic E-state index is 12.1. The highest BCUT2D eigenvalue weighted by atomic mass is 16.5. The molecule has 0 aromatic heterocycles. The van der Waals surface area contributed by atoms with Crippen molar-refractivity contribution in [3.63, 3.8) is 0 Å². The maximum atomic E-state index is 12.1. The summed E-state index contributed by atoms with van der Waals surface area (Å²) in [7, 11) is 0. The summed E-state index contributed by atoms with van der Waals surface area (Å²) < 4.78 is 5.03. The van der Waals surface area contributed by atoms with Crippen molar-refractivity contribution in [2.45, 2.75) is 44.5 Å². The van der Waals surface area contributed by atoms with Crippen LogP contribution in [0.3, 0.4) is 0 Å². The van der Waals surface area contributed by atoms with Gasteiger partial charge >= 0.3 is 12.1 Å². The molecule has 0 heterocycles. The van der Waals surface area contributed by atoms with Crippen LogP contribution in [-0.4, -0.2) is 41.2 Å². The molecule has 136 valence electrons. The Morgan fingerprint density at radius 1 is 1.28 bits per heavy atom. The molecule has 0 spiro atoms. The maximum Gasteiger partial charge on any atom is 0.408 e. The molecule has 25 heavy (non-hydrogen) atoms. The van der Waals surface area contributed by atoms with E-state index in [1.165, 1.54) is 6.92 Å². The third-order valence-electron chi connectivity index (χ3n) is 4.07. The lowest BCUT2D eigenvalue weighted by atomic mass is 10.1. The van der Waals surface area contributed by atoms with Gasteiger partial charge in [0.25, 0.3) is 0 Å². The number of alkyl carbamates (subject to hydrolysis) is 1. The van der Waals surface area contributed by atoms with E-state index in [4.69, 9.17) is 10.5 Å². The van der Waals surface area contributed by atoms with E-state index in [1.54, 1.807) is 0 Å².